The van der Waals surface area contributed by atoms with Gasteiger partial charge in [0.25, 0.3) is 0 Å². The number of phosphoric ester groups is 2. The topological polar surface area (TPSA) is 237 Å². The fourth-order valence-electron chi connectivity index (χ4n) is 13.3. The van der Waals surface area contributed by atoms with Crippen molar-refractivity contribution in [1.82, 2.24) is 0 Å². The number of rotatable bonds is 85. The van der Waals surface area contributed by atoms with Gasteiger partial charge in [0, 0.05) is 25.7 Å². The lowest BCUT2D eigenvalue weighted by molar-refractivity contribution is -0.161. The van der Waals surface area contributed by atoms with E-state index in [1.165, 1.54) is 283 Å². The van der Waals surface area contributed by atoms with Crippen molar-refractivity contribution >= 4 is 39.5 Å². The van der Waals surface area contributed by atoms with E-state index in [0.29, 0.717) is 25.7 Å². The molecule has 0 radical (unpaired) electrons. The number of unbranched alkanes of at least 4 members (excludes halogenated alkanes) is 57. The molecule has 0 aromatic carbocycles. The molecule has 17 nitrogen and oxygen atoms in total. The van der Waals surface area contributed by atoms with Crippen molar-refractivity contribution in [3.8, 4) is 0 Å². The second kappa shape index (κ2) is 77.8. The van der Waals surface area contributed by atoms with Gasteiger partial charge < -0.3 is 33.8 Å². The van der Waals surface area contributed by atoms with Crippen LogP contribution in [0.2, 0.25) is 0 Å². The van der Waals surface area contributed by atoms with Crippen LogP contribution in [0, 0.1) is 5.92 Å². The SMILES string of the molecule is CCCCCCCCCCCCCCCCCCCCCC(=O)OC[C@H](COP(=O)(O)OC[C@@H](O)COP(=O)(O)OC[C@@H](COC(=O)CCCCCCCCCCCC)OC(=O)CCCCCCCCCCCCCCCC(C)C)OC(=O)CCCCCCCCCCCCCCCCCCCCC. The highest BCUT2D eigenvalue weighted by Crippen LogP contribution is 2.45. The van der Waals surface area contributed by atoms with Gasteiger partial charge in [-0.1, -0.05) is 407 Å². The van der Waals surface area contributed by atoms with Gasteiger partial charge in [-0.3, -0.25) is 37.3 Å². The molecule has 0 aliphatic carbocycles. The molecule has 3 N–H and O–H groups in total. The van der Waals surface area contributed by atoms with E-state index in [-0.39, 0.29) is 25.7 Å². The van der Waals surface area contributed by atoms with Crippen LogP contribution in [0.5, 0.6) is 0 Å². The van der Waals surface area contributed by atoms with Crippen molar-refractivity contribution in [1.29, 1.82) is 0 Å². The molecule has 0 rings (SSSR count). The third-order valence-electron chi connectivity index (χ3n) is 20.0. The van der Waals surface area contributed by atoms with Crippen LogP contribution in [0.1, 0.15) is 458 Å². The summed E-state index contributed by atoms with van der Waals surface area (Å²) in [6, 6.07) is 0. The summed E-state index contributed by atoms with van der Waals surface area (Å²) in [7, 11) is -9.92. The molecule has 0 saturated heterocycles. The van der Waals surface area contributed by atoms with Gasteiger partial charge in [0.1, 0.15) is 19.3 Å². The zero-order valence-electron chi connectivity index (χ0n) is 68.2. The molecule has 19 heteroatoms. The quantitative estimate of drug-likeness (QED) is 0.0222. The maximum absolute atomic E-state index is 13.1. The maximum Gasteiger partial charge on any atom is 0.472 e. The second-order valence-corrected chi connectivity index (χ2v) is 34.0. The van der Waals surface area contributed by atoms with Crippen molar-refractivity contribution in [2.45, 2.75) is 477 Å². The summed E-state index contributed by atoms with van der Waals surface area (Å²) < 4.78 is 68.9. The van der Waals surface area contributed by atoms with Crippen LogP contribution in [0.15, 0.2) is 0 Å². The number of hydrogen-bond acceptors (Lipinski definition) is 15. The summed E-state index contributed by atoms with van der Waals surface area (Å²) in [5.41, 5.74) is 0. The van der Waals surface area contributed by atoms with Crippen molar-refractivity contribution in [3.63, 3.8) is 0 Å². The number of carbonyl (C=O) groups is 4. The molecule has 104 heavy (non-hydrogen) atoms. The van der Waals surface area contributed by atoms with Crippen LogP contribution in [0.4, 0.5) is 0 Å². The molecule has 0 spiro atoms. The van der Waals surface area contributed by atoms with Gasteiger partial charge in [-0.25, -0.2) is 9.13 Å². The van der Waals surface area contributed by atoms with E-state index in [1.807, 2.05) is 0 Å². The molecule has 5 atom stereocenters. The van der Waals surface area contributed by atoms with Crippen LogP contribution >= 0.6 is 15.6 Å². The fourth-order valence-corrected chi connectivity index (χ4v) is 14.9. The molecular formula is C85H166O17P2. The van der Waals surface area contributed by atoms with Crippen LogP contribution in [0.3, 0.4) is 0 Å². The molecular weight excluding hydrogens is 1350 g/mol. The first kappa shape index (κ1) is 102. The molecule has 0 saturated carbocycles. The van der Waals surface area contributed by atoms with Gasteiger partial charge in [0.05, 0.1) is 26.4 Å². The number of esters is 4. The summed E-state index contributed by atoms with van der Waals surface area (Å²) in [5.74, 6) is -1.31. The molecule has 2 unspecified atom stereocenters. The monoisotopic (exact) mass is 1520 g/mol. The van der Waals surface area contributed by atoms with Gasteiger partial charge >= 0.3 is 39.5 Å². The summed E-state index contributed by atoms with van der Waals surface area (Å²) in [6.45, 7) is 7.37. The molecule has 0 aliphatic heterocycles. The van der Waals surface area contributed by atoms with Gasteiger partial charge in [0.15, 0.2) is 12.2 Å². The van der Waals surface area contributed by atoms with E-state index >= 15 is 0 Å². The zero-order chi connectivity index (χ0) is 76.2. The molecule has 0 amide bonds. The molecule has 0 aromatic heterocycles. The minimum Gasteiger partial charge on any atom is -0.462 e. The van der Waals surface area contributed by atoms with Crippen molar-refractivity contribution in [2.24, 2.45) is 5.92 Å². The van der Waals surface area contributed by atoms with Crippen molar-refractivity contribution in [3.05, 3.63) is 0 Å². The molecule has 0 aliphatic rings. The lowest BCUT2D eigenvalue weighted by Gasteiger charge is -2.21. The average molecular weight is 1520 g/mol. The number of ether oxygens (including phenoxy) is 4. The molecule has 0 bridgehead atoms. The van der Waals surface area contributed by atoms with Crippen molar-refractivity contribution in [2.75, 3.05) is 39.6 Å². The Hall–Kier alpha value is -1.94. The van der Waals surface area contributed by atoms with Gasteiger partial charge in [-0.15, -0.1) is 0 Å². The highest BCUT2D eigenvalue weighted by atomic mass is 31.2. The average Bonchev–Trinajstić information content (AvgIpc) is 0.914. The van der Waals surface area contributed by atoms with Gasteiger partial charge in [-0.2, -0.15) is 0 Å². The molecule has 618 valence electrons. The highest BCUT2D eigenvalue weighted by Gasteiger charge is 2.30. The zero-order valence-corrected chi connectivity index (χ0v) is 70.0. The van der Waals surface area contributed by atoms with E-state index in [1.54, 1.807) is 0 Å². The van der Waals surface area contributed by atoms with E-state index in [2.05, 4.69) is 34.6 Å². The van der Waals surface area contributed by atoms with E-state index in [4.69, 9.17) is 37.0 Å². The number of phosphoric acid groups is 2. The first-order valence-corrected chi connectivity index (χ1v) is 47.1. The summed E-state index contributed by atoms with van der Waals surface area (Å²) in [6.07, 6.45) is 70.8. The Bertz CT molecular complexity index is 1980. The summed E-state index contributed by atoms with van der Waals surface area (Å²) >= 11 is 0. The van der Waals surface area contributed by atoms with Crippen LogP contribution in [-0.4, -0.2) is 96.7 Å². The Labute approximate surface area is 638 Å². The minimum atomic E-state index is -4.96. The predicted octanol–water partition coefficient (Wildman–Crippen LogP) is 26.0. The second-order valence-electron chi connectivity index (χ2n) is 31.1. The van der Waals surface area contributed by atoms with Crippen LogP contribution < -0.4 is 0 Å². The minimum absolute atomic E-state index is 0.108. The summed E-state index contributed by atoms with van der Waals surface area (Å²) in [4.78, 5) is 73.2. The third-order valence-corrected chi connectivity index (χ3v) is 21.9. The van der Waals surface area contributed by atoms with E-state index < -0.39 is 97.5 Å². The van der Waals surface area contributed by atoms with E-state index in [9.17, 15) is 43.2 Å². The Morgan fingerprint density at radius 2 is 0.442 bits per heavy atom. The lowest BCUT2D eigenvalue weighted by atomic mass is 10.0. The smallest absolute Gasteiger partial charge is 0.462 e. The maximum atomic E-state index is 13.1. The predicted molar refractivity (Wildman–Crippen MR) is 428 cm³/mol. The Morgan fingerprint density at radius 3 is 0.654 bits per heavy atom. The molecule has 0 fully saturated rings. The Morgan fingerprint density at radius 1 is 0.260 bits per heavy atom. The Kier molecular flexibility index (Phi) is 76.3. The van der Waals surface area contributed by atoms with Crippen LogP contribution in [-0.2, 0) is 65.4 Å². The lowest BCUT2D eigenvalue weighted by Crippen LogP contribution is -2.30. The third kappa shape index (κ3) is 78.2. The van der Waals surface area contributed by atoms with Gasteiger partial charge in [-0.05, 0) is 31.6 Å². The molecule has 0 aromatic rings. The van der Waals surface area contributed by atoms with Crippen LogP contribution in [0.25, 0.3) is 0 Å². The normalized spacial score (nSPS) is 13.8. The number of aliphatic hydroxyl groups excluding tert-OH is 1. The summed E-state index contributed by atoms with van der Waals surface area (Å²) in [5, 5.41) is 10.7. The van der Waals surface area contributed by atoms with Gasteiger partial charge in [0.2, 0.25) is 0 Å². The number of aliphatic hydroxyl groups is 1. The van der Waals surface area contributed by atoms with E-state index in [0.717, 1.165) is 95.8 Å². The molecule has 0 heterocycles. The first-order chi connectivity index (χ1) is 50.5. The largest absolute Gasteiger partial charge is 0.472 e. The van der Waals surface area contributed by atoms with Crippen molar-refractivity contribution < 1.29 is 80.2 Å². The Balaban J connectivity index is 5.23. The number of carbonyl (C=O) groups excluding carboxylic acids is 4. The highest BCUT2D eigenvalue weighted by molar-refractivity contribution is 7.47. The standard InChI is InChI=1S/C85H166O17P2/c1-6-9-12-15-18-21-24-26-28-30-32-34-36-40-44-49-54-59-64-69-83(88)96-75-81(102-84(89)70-65-60-55-50-45-41-37-35-33-31-29-27-25-22-19-16-13-10-7-2)77-100-104(93,94)98-73-79(86)72-97-103(91,92)99-76-80(74-95-82(87)68-63-58-53-48-23-20-17-14-11-8-3)101-85(90)71-66-61-56-51-46-42-38-39-43-47-52-57-62-67-78(4)5/h78-81,86H,6-77H2,1-5H3,(H,91,92)(H,93,94)/t79-,80+,81+/m0/s1. The number of hydrogen-bond donors (Lipinski definition) is 3. The fraction of sp³-hybridized carbons (Fsp3) is 0.953. The first-order valence-electron chi connectivity index (χ1n) is 44.1.